The maximum absolute atomic E-state index is 11.9. The van der Waals surface area contributed by atoms with Crippen LogP contribution in [0.4, 0.5) is 13.2 Å². The Bertz CT molecular complexity index is 544. The second kappa shape index (κ2) is 7.21. The van der Waals surface area contributed by atoms with Crippen LogP contribution in [0.3, 0.4) is 0 Å². The van der Waals surface area contributed by atoms with E-state index in [0.717, 1.165) is 6.08 Å². The zero-order chi connectivity index (χ0) is 16.0. The molecule has 0 atom stereocenters. The summed E-state index contributed by atoms with van der Waals surface area (Å²) in [4.78, 5) is 11.2. The molecule has 0 fully saturated rings. The molecule has 0 radical (unpaired) electrons. The van der Waals surface area contributed by atoms with Crippen molar-refractivity contribution in [3.05, 3.63) is 28.8 Å². The molecule has 0 unspecified atom stereocenters. The fourth-order valence-corrected chi connectivity index (χ4v) is 1.75. The summed E-state index contributed by atoms with van der Waals surface area (Å²) in [5.74, 6) is -0.184. The number of nitrogens with one attached hydrogen (secondary N) is 1. The van der Waals surface area contributed by atoms with Gasteiger partial charge in [0.05, 0.1) is 19.2 Å². The van der Waals surface area contributed by atoms with Crippen LogP contribution in [0.5, 0.6) is 11.5 Å². The van der Waals surface area contributed by atoms with Crippen molar-refractivity contribution in [1.82, 2.24) is 5.32 Å². The van der Waals surface area contributed by atoms with Gasteiger partial charge in [0.25, 0.3) is 0 Å². The van der Waals surface area contributed by atoms with E-state index in [4.69, 9.17) is 21.1 Å². The van der Waals surface area contributed by atoms with Crippen LogP contribution < -0.4 is 14.8 Å². The number of amides is 1. The number of halogens is 4. The first kappa shape index (κ1) is 17.2. The minimum Gasteiger partial charge on any atom is -0.493 e. The topological polar surface area (TPSA) is 47.6 Å². The molecule has 21 heavy (non-hydrogen) atoms. The number of carbonyl (C=O) groups excluding carboxylic acids is 1. The second-order valence-corrected chi connectivity index (χ2v) is 4.31. The van der Waals surface area contributed by atoms with E-state index < -0.39 is 18.6 Å². The van der Waals surface area contributed by atoms with Crippen molar-refractivity contribution >= 4 is 23.6 Å². The zero-order valence-corrected chi connectivity index (χ0v) is 12.0. The Morgan fingerprint density at radius 2 is 2.00 bits per heavy atom. The molecule has 0 saturated carbocycles. The second-order valence-electron chi connectivity index (χ2n) is 3.90. The van der Waals surface area contributed by atoms with Crippen molar-refractivity contribution in [2.75, 3.05) is 20.8 Å². The summed E-state index contributed by atoms with van der Waals surface area (Å²) >= 11 is 5.96. The first-order valence-corrected chi connectivity index (χ1v) is 6.09. The van der Waals surface area contributed by atoms with Gasteiger partial charge in [-0.3, -0.25) is 4.79 Å². The maximum atomic E-state index is 11.9. The van der Waals surface area contributed by atoms with Crippen molar-refractivity contribution in [3.63, 3.8) is 0 Å². The van der Waals surface area contributed by atoms with Crippen molar-refractivity contribution < 1.29 is 27.4 Å². The number of carbonyl (C=O) groups is 1. The van der Waals surface area contributed by atoms with Crippen LogP contribution in [-0.2, 0) is 4.79 Å². The SMILES string of the molecule is COc1cc(/C=C/C(=O)NCC(F)(F)F)cc(Cl)c1OC. The van der Waals surface area contributed by atoms with E-state index >= 15 is 0 Å². The van der Waals surface area contributed by atoms with E-state index in [1.807, 2.05) is 0 Å². The third kappa shape index (κ3) is 5.55. The summed E-state index contributed by atoms with van der Waals surface area (Å²) in [6.07, 6.45) is -2.15. The molecular formula is C13H13ClF3NO3. The molecule has 116 valence electrons. The Labute approximate surface area is 124 Å². The Hall–Kier alpha value is -1.89. The quantitative estimate of drug-likeness (QED) is 0.847. The molecule has 4 nitrogen and oxygen atoms in total. The van der Waals surface area contributed by atoms with Gasteiger partial charge in [0.15, 0.2) is 11.5 Å². The monoisotopic (exact) mass is 323 g/mol. The van der Waals surface area contributed by atoms with Crippen LogP contribution >= 0.6 is 11.6 Å². The predicted octanol–water partition coefficient (Wildman–Crippen LogP) is 3.05. The van der Waals surface area contributed by atoms with Crippen LogP contribution in [0.2, 0.25) is 5.02 Å². The minimum absolute atomic E-state index is 0.257. The van der Waals surface area contributed by atoms with Crippen molar-refractivity contribution in [2.24, 2.45) is 0 Å². The normalized spacial score (nSPS) is 11.5. The number of methoxy groups -OCH3 is 2. The molecule has 1 rings (SSSR count). The summed E-state index contributed by atoms with van der Waals surface area (Å²) < 4.78 is 45.9. The molecule has 0 aliphatic carbocycles. The number of hydrogen-bond acceptors (Lipinski definition) is 3. The summed E-state index contributed by atoms with van der Waals surface area (Å²) in [6, 6.07) is 3.04. The number of hydrogen-bond donors (Lipinski definition) is 1. The summed E-state index contributed by atoms with van der Waals surface area (Å²) in [5, 5.41) is 1.98. The number of benzene rings is 1. The standard InChI is InChI=1S/C13H13ClF3NO3/c1-20-10-6-8(5-9(14)12(10)21-2)3-4-11(19)18-7-13(15,16)17/h3-6H,7H2,1-2H3,(H,18,19)/b4-3+. The molecule has 1 aromatic rings. The third-order valence-electron chi connectivity index (χ3n) is 2.35. The largest absolute Gasteiger partial charge is 0.493 e. The van der Waals surface area contributed by atoms with E-state index in [0.29, 0.717) is 17.1 Å². The van der Waals surface area contributed by atoms with Crippen molar-refractivity contribution in [3.8, 4) is 11.5 Å². The molecule has 1 aromatic carbocycles. The van der Waals surface area contributed by atoms with Gasteiger partial charge in [0.1, 0.15) is 6.54 Å². The van der Waals surface area contributed by atoms with Gasteiger partial charge >= 0.3 is 6.18 Å². The first-order chi connectivity index (χ1) is 9.76. The lowest BCUT2D eigenvalue weighted by molar-refractivity contribution is -0.135. The van der Waals surface area contributed by atoms with Gasteiger partial charge in [-0.05, 0) is 23.8 Å². The average molecular weight is 324 g/mol. The molecule has 0 aromatic heterocycles. The average Bonchev–Trinajstić information content (AvgIpc) is 2.41. The van der Waals surface area contributed by atoms with Crippen LogP contribution in [-0.4, -0.2) is 32.8 Å². The highest BCUT2D eigenvalue weighted by Crippen LogP contribution is 2.36. The van der Waals surface area contributed by atoms with Crippen LogP contribution in [0.25, 0.3) is 6.08 Å². The van der Waals surface area contributed by atoms with Gasteiger partial charge in [-0.25, -0.2) is 0 Å². The highest BCUT2D eigenvalue weighted by molar-refractivity contribution is 6.32. The Morgan fingerprint density at radius 3 is 2.52 bits per heavy atom. The summed E-state index contributed by atoms with van der Waals surface area (Å²) in [7, 11) is 2.83. The predicted molar refractivity (Wildman–Crippen MR) is 72.7 cm³/mol. The molecule has 0 spiro atoms. The Balaban J connectivity index is 2.81. The van der Waals surface area contributed by atoms with Gasteiger partial charge in [0.2, 0.25) is 5.91 Å². The van der Waals surface area contributed by atoms with E-state index in [-0.39, 0.29) is 5.02 Å². The number of rotatable bonds is 5. The lowest BCUT2D eigenvalue weighted by Crippen LogP contribution is -2.32. The van der Waals surface area contributed by atoms with Crippen molar-refractivity contribution in [2.45, 2.75) is 6.18 Å². The zero-order valence-electron chi connectivity index (χ0n) is 11.3. The number of alkyl halides is 3. The lowest BCUT2D eigenvalue weighted by Gasteiger charge is -2.10. The summed E-state index contributed by atoms with van der Waals surface area (Å²) in [5.41, 5.74) is 0.486. The van der Waals surface area contributed by atoms with Gasteiger partial charge in [0, 0.05) is 6.08 Å². The molecule has 0 heterocycles. The molecule has 1 N–H and O–H groups in total. The molecule has 0 bridgehead atoms. The number of ether oxygens (including phenoxy) is 2. The van der Waals surface area contributed by atoms with Crippen LogP contribution in [0, 0.1) is 0 Å². The van der Waals surface area contributed by atoms with Crippen molar-refractivity contribution in [1.29, 1.82) is 0 Å². The Morgan fingerprint density at radius 1 is 1.33 bits per heavy atom. The highest BCUT2D eigenvalue weighted by Gasteiger charge is 2.27. The van der Waals surface area contributed by atoms with E-state index in [9.17, 15) is 18.0 Å². The third-order valence-corrected chi connectivity index (χ3v) is 2.63. The van der Waals surface area contributed by atoms with Crippen LogP contribution in [0.15, 0.2) is 18.2 Å². The lowest BCUT2D eigenvalue weighted by atomic mass is 10.2. The molecule has 0 aliphatic rings. The Kier molecular flexibility index (Phi) is 5.90. The van der Waals surface area contributed by atoms with Gasteiger partial charge < -0.3 is 14.8 Å². The molecular weight excluding hydrogens is 311 g/mol. The van der Waals surface area contributed by atoms with E-state index in [1.165, 1.54) is 32.4 Å². The van der Waals surface area contributed by atoms with Gasteiger partial charge in [-0.15, -0.1) is 0 Å². The summed E-state index contributed by atoms with van der Waals surface area (Å²) in [6.45, 7) is -1.39. The van der Waals surface area contributed by atoms with Crippen LogP contribution in [0.1, 0.15) is 5.56 Å². The fourth-order valence-electron chi connectivity index (χ4n) is 1.45. The maximum Gasteiger partial charge on any atom is 0.405 e. The fraction of sp³-hybridized carbons (Fsp3) is 0.308. The van der Waals surface area contributed by atoms with Gasteiger partial charge in [-0.2, -0.15) is 13.2 Å². The molecule has 0 aliphatic heterocycles. The smallest absolute Gasteiger partial charge is 0.405 e. The molecule has 1 amide bonds. The van der Waals surface area contributed by atoms with E-state index in [2.05, 4.69) is 0 Å². The van der Waals surface area contributed by atoms with E-state index in [1.54, 1.807) is 5.32 Å². The minimum atomic E-state index is -4.45. The highest BCUT2D eigenvalue weighted by atomic mass is 35.5. The molecule has 8 heteroatoms. The molecule has 0 saturated heterocycles. The van der Waals surface area contributed by atoms with Gasteiger partial charge in [-0.1, -0.05) is 11.6 Å². The first-order valence-electron chi connectivity index (χ1n) is 5.71.